The van der Waals surface area contributed by atoms with Gasteiger partial charge in [-0.2, -0.15) is 0 Å². The van der Waals surface area contributed by atoms with E-state index in [-0.39, 0.29) is 6.04 Å². The van der Waals surface area contributed by atoms with Crippen molar-refractivity contribution in [3.63, 3.8) is 0 Å². The Bertz CT molecular complexity index is 389. The first-order valence-electron chi connectivity index (χ1n) is 5.21. The van der Waals surface area contributed by atoms with Crippen LogP contribution in [0.4, 0.5) is 0 Å². The molecule has 1 aromatic heterocycles. The molecule has 1 aliphatic heterocycles. The third kappa shape index (κ3) is 2.37. The van der Waals surface area contributed by atoms with Gasteiger partial charge in [0.05, 0.1) is 12.8 Å². The van der Waals surface area contributed by atoms with E-state index >= 15 is 0 Å². The van der Waals surface area contributed by atoms with E-state index in [0.29, 0.717) is 5.69 Å². The van der Waals surface area contributed by atoms with Crippen LogP contribution in [-0.2, 0) is 11.3 Å². The molecule has 0 amide bonds. The van der Waals surface area contributed by atoms with Gasteiger partial charge in [0, 0.05) is 25.7 Å². The molecule has 0 aliphatic carbocycles. The first kappa shape index (κ1) is 11.0. The minimum absolute atomic E-state index is 0.281. The number of hydrogen-bond acceptors (Lipinski definition) is 5. The Labute approximate surface area is 94.2 Å². The predicted octanol–water partition coefficient (Wildman–Crippen LogP) is 0.0111. The van der Waals surface area contributed by atoms with Gasteiger partial charge in [-0.15, -0.1) is 0 Å². The highest BCUT2D eigenvalue weighted by Crippen LogP contribution is 2.10. The molecule has 0 radical (unpaired) electrons. The molecule has 0 unspecified atom stereocenters. The van der Waals surface area contributed by atoms with Gasteiger partial charge in [-0.3, -0.25) is 4.90 Å². The second kappa shape index (κ2) is 4.59. The fourth-order valence-electron chi connectivity index (χ4n) is 1.75. The van der Waals surface area contributed by atoms with Crippen molar-refractivity contribution in [3.05, 3.63) is 29.6 Å². The number of aromatic nitrogens is 1. The highest BCUT2D eigenvalue weighted by molar-refractivity contribution is 5.87. The van der Waals surface area contributed by atoms with Crippen molar-refractivity contribution in [2.24, 2.45) is 5.73 Å². The van der Waals surface area contributed by atoms with Crippen LogP contribution >= 0.6 is 0 Å². The van der Waals surface area contributed by atoms with Gasteiger partial charge >= 0.3 is 5.97 Å². The maximum atomic E-state index is 11.3. The second-order valence-electron chi connectivity index (χ2n) is 3.96. The molecule has 2 N–H and O–H groups in total. The minimum Gasteiger partial charge on any atom is -0.464 e. The summed E-state index contributed by atoms with van der Waals surface area (Å²) in [6, 6.07) is 5.64. The van der Waals surface area contributed by atoms with E-state index in [1.807, 2.05) is 12.1 Å². The van der Waals surface area contributed by atoms with Crippen LogP contribution in [0.3, 0.4) is 0 Å². The molecular weight excluding hydrogens is 206 g/mol. The number of carbonyl (C=O) groups is 1. The highest BCUT2D eigenvalue weighted by Gasteiger charge is 2.23. The number of pyridine rings is 1. The first-order chi connectivity index (χ1) is 7.69. The summed E-state index contributed by atoms with van der Waals surface area (Å²) in [5.74, 6) is -0.401. The molecule has 0 aromatic carbocycles. The van der Waals surface area contributed by atoms with Crippen LogP contribution in [0, 0.1) is 0 Å². The molecule has 1 aromatic rings. The van der Waals surface area contributed by atoms with Crippen LogP contribution in [0.25, 0.3) is 0 Å². The Hall–Kier alpha value is -1.46. The van der Waals surface area contributed by atoms with Gasteiger partial charge in [0.25, 0.3) is 0 Å². The maximum absolute atomic E-state index is 11.3. The van der Waals surface area contributed by atoms with Crippen molar-refractivity contribution < 1.29 is 9.53 Å². The van der Waals surface area contributed by atoms with Crippen molar-refractivity contribution in [1.29, 1.82) is 0 Å². The number of ether oxygens (including phenoxy) is 1. The average molecular weight is 221 g/mol. The van der Waals surface area contributed by atoms with E-state index in [2.05, 4.69) is 14.6 Å². The fourth-order valence-corrected chi connectivity index (χ4v) is 1.75. The molecular formula is C11H15N3O2. The standard InChI is InChI=1S/C11H15N3O2/c1-16-11(15)10-4-2-3-9(13-10)7-14-5-8(12)6-14/h2-4,8H,5-7,12H2,1H3. The Balaban J connectivity index is 2.02. The largest absolute Gasteiger partial charge is 0.464 e. The van der Waals surface area contributed by atoms with Crippen LogP contribution in [0.2, 0.25) is 0 Å². The molecule has 5 nitrogen and oxygen atoms in total. The van der Waals surface area contributed by atoms with Gasteiger partial charge in [-0.1, -0.05) is 6.07 Å². The highest BCUT2D eigenvalue weighted by atomic mass is 16.5. The number of nitrogens with two attached hydrogens (primary N) is 1. The van der Waals surface area contributed by atoms with Crippen molar-refractivity contribution >= 4 is 5.97 Å². The first-order valence-corrected chi connectivity index (χ1v) is 5.21. The summed E-state index contributed by atoms with van der Waals surface area (Å²) in [5.41, 5.74) is 6.91. The Morgan fingerprint density at radius 3 is 3.00 bits per heavy atom. The monoisotopic (exact) mass is 221 g/mol. The number of methoxy groups -OCH3 is 1. The summed E-state index contributed by atoms with van der Waals surface area (Å²) in [7, 11) is 1.35. The van der Waals surface area contributed by atoms with E-state index in [1.54, 1.807) is 6.07 Å². The number of likely N-dealkylation sites (tertiary alicyclic amines) is 1. The van der Waals surface area contributed by atoms with E-state index in [9.17, 15) is 4.79 Å². The van der Waals surface area contributed by atoms with E-state index in [4.69, 9.17) is 5.73 Å². The zero-order valence-corrected chi connectivity index (χ0v) is 9.22. The SMILES string of the molecule is COC(=O)c1cccc(CN2CC(N)C2)n1. The molecule has 1 aliphatic rings. The zero-order valence-electron chi connectivity index (χ0n) is 9.22. The molecule has 86 valence electrons. The summed E-state index contributed by atoms with van der Waals surface area (Å²) in [4.78, 5) is 17.7. The van der Waals surface area contributed by atoms with Gasteiger partial charge in [0.1, 0.15) is 5.69 Å². The van der Waals surface area contributed by atoms with Crippen molar-refractivity contribution in [3.8, 4) is 0 Å². The lowest BCUT2D eigenvalue weighted by Crippen LogP contribution is -2.54. The molecule has 1 saturated heterocycles. The molecule has 2 heterocycles. The number of carbonyl (C=O) groups excluding carboxylic acids is 1. The van der Waals surface area contributed by atoms with Gasteiger partial charge in [0.2, 0.25) is 0 Å². The molecule has 5 heteroatoms. The number of esters is 1. The zero-order chi connectivity index (χ0) is 11.5. The minimum atomic E-state index is -0.401. The molecule has 0 atom stereocenters. The molecule has 1 fully saturated rings. The summed E-state index contributed by atoms with van der Waals surface area (Å²) in [6.07, 6.45) is 0. The second-order valence-corrected chi connectivity index (χ2v) is 3.96. The van der Waals surface area contributed by atoms with Gasteiger partial charge in [-0.25, -0.2) is 9.78 Å². The topological polar surface area (TPSA) is 68.5 Å². The van der Waals surface area contributed by atoms with Crippen LogP contribution in [0.15, 0.2) is 18.2 Å². The van der Waals surface area contributed by atoms with E-state index < -0.39 is 5.97 Å². The Morgan fingerprint density at radius 2 is 2.38 bits per heavy atom. The van der Waals surface area contributed by atoms with Gasteiger partial charge in [-0.05, 0) is 12.1 Å². The Kier molecular flexibility index (Phi) is 3.17. The summed E-state index contributed by atoms with van der Waals surface area (Å²) in [6.45, 7) is 2.52. The number of rotatable bonds is 3. The van der Waals surface area contributed by atoms with E-state index in [1.165, 1.54) is 7.11 Å². The lowest BCUT2D eigenvalue weighted by molar-refractivity contribution is 0.0593. The average Bonchev–Trinajstić information content (AvgIpc) is 2.26. The smallest absolute Gasteiger partial charge is 0.356 e. The quantitative estimate of drug-likeness (QED) is 0.728. The van der Waals surface area contributed by atoms with Gasteiger partial charge in [0.15, 0.2) is 0 Å². The molecule has 16 heavy (non-hydrogen) atoms. The number of nitrogens with zero attached hydrogens (tertiary/aromatic N) is 2. The van der Waals surface area contributed by atoms with Crippen molar-refractivity contribution in [1.82, 2.24) is 9.88 Å². The summed E-state index contributed by atoms with van der Waals surface area (Å²) < 4.78 is 4.62. The molecule has 0 spiro atoms. The molecule has 0 saturated carbocycles. The molecule has 2 rings (SSSR count). The van der Waals surface area contributed by atoms with Crippen LogP contribution in [0.5, 0.6) is 0 Å². The normalized spacial score (nSPS) is 16.9. The van der Waals surface area contributed by atoms with Gasteiger partial charge < -0.3 is 10.5 Å². The van der Waals surface area contributed by atoms with Crippen molar-refractivity contribution in [2.45, 2.75) is 12.6 Å². The van der Waals surface area contributed by atoms with Crippen molar-refractivity contribution in [2.75, 3.05) is 20.2 Å². The summed E-state index contributed by atoms with van der Waals surface area (Å²) >= 11 is 0. The lowest BCUT2D eigenvalue weighted by Gasteiger charge is -2.36. The van der Waals surface area contributed by atoms with E-state index in [0.717, 1.165) is 25.3 Å². The maximum Gasteiger partial charge on any atom is 0.356 e. The van der Waals surface area contributed by atoms with Crippen LogP contribution in [-0.4, -0.2) is 42.1 Å². The molecule has 0 bridgehead atoms. The lowest BCUT2D eigenvalue weighted by atomic mass is 10.1. The third-order valence-electron chi connectivity index (χ3n) is 2.57. The summed E-state index contributed by atoms with van der Waals surface area (Å²) in [5, 5.41) is 0. The van der Waals surface area contributed by atoms with Crippen LogP contribution < -0.4 is 5.73 Å². The predicted molar refractivity (Wildman–Crippen MR) is 58.8 cm³/mol. The third-order valence-corrected chi connectivity index (χ3v) is 2.57. The van der Waals surface area contributed by atoms with Crippen LogP contribution in [0.1, 0.15) is 16.2 Å². The Morgan fingerprint density at radius 1 is 1.62 bits per heavy atom. The fraction of sp³-hybridized carbons (Fsp3) is 0.455. The number of hydrogen-bond donors (Lipinski definition) is 1.